The molecule has 0 bridgehead atoms. The van der Waals surface area contributed by atoms with Crippen molar-refractivity contribution in [3.05, 3.63) is 52.9 Å². The van der Waals surface area contributed by atoms with Gasteiger partial charge in [-0.25, -0.2) is 4.79 Å². The maximum absolute atomic E-state index is 11.8. The van der Waals surface area contributed by atoms with Crippen LogP contribution in [0.3, 0.4) is 0 Å². The predicted molar refractivity (Wildman–Crippen MR) is 77.5 cm³/mol. The van der Waals surface area contributed by atoms with E-state index in [4.69, 9.17) is 21.1 Å². The zero-order valence-electron chi connectivity index (χ0n) is 10.9. The van der Waals surface area contributed by atoms with E-state index in [1.807, 2.05) is 0 Å². The quantitative estimate of drug-likeness (QED) is 0.762. The number of carbonyl (C=O) groups excluding carboxylic acids is 1. The monoisotopic (exact) mass is 308 g/mol. The van der Waals surface area contributed by atoms with Gasteiger partial charge in [0.1, 0.15) is 5.76 Å². The average molecular weight is 309 g/mol. The molecule has 110 valence electrons. The number of anilines is 1. The molecule has 1 amide bonds. The number of hydrogen-bond acceptors (Lipinski definition) is 4. The van der Waals surface area contributed by atoms with Gasteiger partial charge in [-0.3, -0.25) is 4.79 Å². The van der Waals surface area contributed by atoms with E-state index >= 15 is 0 Å². The van der Waals surface area contributed by atoms with E-state index in [1.165, 1.54) is 18.2 Å². The van der Waals surface area contributed by atoms with Crippen LogP contribution >= 0.6 is 11.6 Å². The third kappa shape index (κ3) is 4.34. The van der Waals surface area contributed by atoms with Crippen LogP contribution in [0.1, 0.15) is 16.1 Å². The summed E-state index contributed by atoms with van der Waals surface area (Å²) in [6, 6.07) is 7.66. The minimum absolute atomic E-state index is 0.0499. The number of benzene rings is 1. The van der Waals surface area contributed by atoms with Gasteiger partial charge in [-0.2, -0.15) is 0 Å². The number of amides is 1. The second-order valence-corrected chi connectivity index (χ2v) is 4.64. The van der Waals surface area contributed by atoms with E-state index in [1.54, 1.807) is 18.4 Å². The number of nitrogens with one attached hydrogen (secondary N) is 2. The van der Waals surface area contributed by atoms with Gasteiger partial charge >= 0.3 is 5.97 Å². The zero-order chi connectivity index (χ0) is 15.2. The number of carbonyl (C=O) groups is 2. The second kappa shape index (κ2) is 6.92. The predicted octanol–water partition coefficient (Wildman–Crippen LogP) is 2.36. The Labute approximate surface area is 125 Å². The molecule has 1 aromatic carbocycles. The Morgan fingerprint density at radius 1 is 1.29 bits per heavy atom. The third-order valence-corrected chi connectivity index (χ3v) is 2.98. The normalized spacial score (nSPS) is 10.3. The van der Waals surface area contributed by atoms with E-state index in [-0.39, 0.29) is 28.7 Å². The second-order valence-electron chi connectivity index (χ2n) is 4.23. The summed E-state index contributed by atoms with van der Waals surface area (Å²) in [4.78, 5) is 22.6. The molecule has 6 nitrogen and oxygen atoms in total. The maximum Gasteiger partial charge on any atom is 0.335 e. The maximum atomic E-state index is 11.8. The Morgan fingerprint density at radius 3 is 2.76 bits per heavy atom. The van der Waals surface area contributed by atoms with E-state index in [0.29, 0.717) is 12.3 Å². The van der Waals surface area contributed by atoms with Crippen LogP contribution in [0.5, 0.6) is 0 Å². The van der Waals surface area contributed by atoms with Crippen molar-refractivity contribution in [2.24, 2.45) is 0 Å². The Kier molecular flexibility index (Phi) is 4.97. The molecule has 0 spiro atoms. The van der Waals surface area contributed by atoms with Crippen molar-refractivity contribution in [3.8, 4) is 0 Å². The van der Waals surface area contributed by atoms with E-state index in [0.717, 1.165) is 0 Å². The third-order valence-electron chi connectivity index (χ3n) is 2.65. The van der Waals surface area contributed by atoms with Gasteiger partial charge in [0.15, 0.2) is 0 Å². The highest BCUT2D eigenvalue weighted by molar-refractivity contribution is 6.33. The van der Waals surface area contributed by atoms with Crippen LogP contribution in [0.2, 0.25) is 5.02 Å². The fourth-order valence-corrected chi connectivity index (χ4v) is 1.83. The number of hydrogen-bond donors (Lipinski definition) is 3. The number of halogens is 1. The highest BCUT2D eigenvalue weighted by Gasteiger charge is 2.10. The van der Waals surface area contributed by atoms with Gasteiger partial charge in [0.05, 0.1) is 35.6 Å². The highest BCUT2D eigenvalue weighted by Crippen LogP contribution is 2.22. The summed E-state index contributed by atoms with van der Waals surface area (Å²) in [5.74, 6) is -0.696. The van der Waals surface area contributed by atoms with Crippen LogP contribution < -0.4 is 10.6 Å². The van der Waals surface area contributed by atoms with Crippen LogP contribution in [0, 0.1) is 0 Å². The smallest absolute Gasteiger partial charge is 0.335 e. The lowest BCUT2D eigenvalue weighted by atomic mass is 10.2. The minimum Gasteiger partial charge on any atom is -0.478 e. The van der Waals surface area contributed by atoms with Crippen molar-refractivity contribution < 1.29 is 19.1 Å². The first-order valence-corrected chi connectivity index (χ1v) is 6.50. The molecule has 0 saturated heterocycles. The van der Waals surface area contributed by atoms with Gasteiger partial charge in [-0.1, -0.05) is 11.6 Å². The Morgan fingerprint density at radius 2 is 2.10 bits per heavy atom. The fraction of sp³-hybridized carbons (Fsp3) is 0.143. The first kappa shape index (κ1) is 15.1. The van der Waals surface area contributed by atoms with Crippen molar-refractivity contribution in [1.82, 2.24) is 5.32 Å². The van der Waals surface area contributed by atoms with Gasteiger partial charge in [0.25, 0.3) is 0 Å². The number of carboxylic acid groups (broad SMARTS) is 1. The highest BCUT2D eigenvalue weighted by atomic mass is 35.5. The van der Waals surface area contributed by atoms with Crippen molar-refractivity contribution in [1.29, 1.82) is 0 Å². The van der Waals surface area contributed by atoms with Crippen molar-refractivity contribution in [2.75, 3.05) is 11.9 Å². The number of rotatable bonds is 6. The summed E-state index contributed by atoms with van der Waals surface area (Å²) in [6.45, 7) is 0.470. The van der Waals surface area contributed by atoms with Crippen molar-refractivity contribution in [3.63, 3.8) is 0 Å². The fourth-order valence-electron chi connectivity index (χ4n) is 1.66. The summed E-state index contributed by atoms with van der Waals surface area (Å²) in [7, 11) is 0. The molecule has 7 heteroatoms. The van der Waals surface area contributed by atoms with Gasteiger partial charge in [-0.15, -0.1) is 0 Å². The SMILES string of the molecule is O=C(CNCc1ccco1)Nc1cc(C(=O)O)ccc1Cl. The summed E-state index contributed by atoms with van der Waals surface area (Å²) in [5.41, 5.74) is 0.319. The lowest BCUT2D eigenvalue weighted by molar-refractivity contribution is -0.115. The standard InChI is InChI=1S/C14H13ClN2O4/c15-11-4-3-9(14(19)20)6-12(11)17-13(18)8-16-7-10-2-1-5-21-10/h1-6,16H,7-8H2,(H,17,18)(H,19,20). The Bertz CT molecular complexity index is 640. The lowest BCUT2D eigenvalue weighted by Crippen LogP contribution is -2.27. The van der Waals surface area contributed by atoms with Crippen LogP contribution in [-0.4, -0.2) is 23.5 Å². The molecule has 0 aliphatic heterocycles. The number of furan rings is 1. The van der Waals surface area contributed by atoms with Gasteiger partial charge in [0.2, 0.25) is 5.91 Å². The van der Waals surface area contributed by atoms with Crippen LogP contribution in [0.25, 0.3) is 0 Å². The summed E-state index contributed by atoms with van der Waals surface area (Å²) in [5, 5.41) is 14.6. The Hall–Kier alpha value is -2.31. The molecule has 1 aromatic heterocycles. The molecule has 21 heavy (non-hydrogen) atoms. The molecule has 2 aromatic rings. The number of carboxylic acids is 1. The molecule has 0 aliphatic rings. The molecule has 0 radical (unpaired) electrons. The van der Waals surface area contributed by atoms with Crippen LogP contribution in [0.4, 0.5) is 5.69 Å². The first-order valence-electron chi connectivity index (χ1n) is 6.12. The van der Waals surface area contributed by atoms with Crippen LogP contribution in [0.15, 0.2) is 41.0 Å². The lowest BCUT2D eigenvalue weighted by Gasteiger charge is -2.08. The molecular weight excluding hydrogens is 296 g/mol. The molecule has 0 aliphatic carbocycles. The molecule has 0 fully saturated rings. The first-order chi connectivity index (χ1) is 10.1. The van der Waals surface area contributed by atoms with Gasteiger partial charge in [-0.05, 0) is 30.3 Å². The van der Waals surface area contributed by atoms with E-state index in [2.05, 4.69) is 10.6 Å². The Balaban J connectivity index is 1.90. The van der Waals surface area contributed by atoms with Crippen LogP contribution in [-0.2, 0) is 11.3 Å². The molecule has 2 rings (SSSR count). The summed E-state index contributed by atoms with van der Waals surface area (Å²) in [6.07, 6.45) is 1.55. The molecule has 0 atom stereocenters. The molecular formula is C14H13ClN2O4. The molecule has 0 unspecified atom stereocenters. The average Bonchev–Trinajstić information content (AvgIpc) is 2.94. The van der Waals surface area contributed by atoms with Crippen molar-refractivity contribution >= 4 is 29.2 Å². The largest absolute Gasteiger partial charge is 0.478 e. The molecule has 0 saturated carbocycles. The summed E-state index contributed by atoms with van der Waals surface area (Å²) >= 11 is 5.92. The molecule has 3 N–H and O–H groups in total. The van der Waals surface area contributed by atoms with Crippen molar-refractivity contribution in [2.45, 2.75) is 6.54 Å². The molecule has 1 heterocycles. The summed E-state index contributed by atoms with van der Waals surface area (Å²) < 4.78 is 5.11. The van der Waals surface area contributed by atoms with E-state index < -0.39 is 5.97 Å². The van der Waals surface area contributed by atoms with Gasteiger partial charge < -0.3 is 20.2 Å². The zero-order valence-corrected chi connectivity index (χ0v) is 11.7. The van der Waals surface area contributed by atoms with E-state index in [9.17, 15) is 9.59 Å². The van der Waals surface area contributed by atoms with Gasteiger partial charge in [0, 0.05) is 0 Å². The number of aromatic carboxylic acids is 1. The minimum atomic E-state index is -1.09. The topological polar surface area (TPSA) is 91.6 Å².